The zero-order valence-corrected chi connectivity index (χ0v) is 72.2. The molecule has 0 aromatic carbocycles. The highest BCUT2D eigenvalue weighted by molar-refractivity contribution is 7.47. The highest BCUT2D eigenvalue weighted by atomic mass is 31.2. The van der Waals surface area contributed by atoms with E-state index in [1.54, 1.807) is 0 Å². The molecule has 0 fully saturated rings. The summed E-state index contributed by atoms with van der Waals surface area (Å²) in [4.78, 5) is 73.3. The molecular formula is C88H172O17P2. The molecular weight excluding hydrogens is 1390 g/mol. The van der Waals surface area contributed by atoms with Gasteiger partial charge in [0.05, 0.1) is 26.4 Å². The number of carbonyl (C=O) groups is 4. The summed E-state index contributed by atoms with van der Waals surface area (Å²) >= 11 is 0. The highest BCUT2D eigenvalue weighted by Crippen LogP contribution is 2.45. The van der Waals surface area contributed by atoms with Crippen molar-refractivity contribution in [3.63, 3.8) is 0 Å². The third-order valence-electron chi connectivity index (χ3n) is 20.7. The minimum Gasteiger partial charge on any atom is -0.462 e. The molecule has 5 atom stereocenters. The first-order valence-electron chi connectivity index (χ1n) is 45.5. The second-order valence-electron chi connectivity index (χ2n) is 32.6. The molecule has 0 heterocycles. The molecule has 0 spiro atoms. The van der Waals surface area contributed by atoms with Crippen LogP contribution in [0.2, 0.25) is 0 Å². The van der Waals surface area contributed by atoms with Crippen LogP contribution in [-0.4, -0.2) is 96.7 Å². The molecule has 19 heteroatoms. The van der Waals surface area contributed by atoms with Gasteiger partial charge in [0.15, 0.2) is 12.2 Å². The van der Waals surface area contributed by atoms with E-state index in [-0.39, 0.29) is 25.7 Å². The summed E-state index contributed by atoms with van der Waals surface area (Å²) in [7, 11) is -9.93. The predicted molar refractivity (Wildman–Crippen MR) is 442 cm³/mol. The Morgan fingerprint density at radius 1 is 0.252 bits per heavy atom. The molecule has 0 aliphatic carbocycles. The maximum atomic E-state index is 13.2. The number of rotatable bonds is 87. The van der Waals surface area contributed by atoms with Crippen molar-refractivity contribution >= 4 is 39.5 Å². The molecule has 3 N–H and O–H groups in total. The molecule has 636 valence electrons. The van der Waals surface area contributed by atoms with Crippen LogP contribution in [0.4, 0.5) is 0 Å². The zero-order valence-electron chi connectivity index (χ0n) is 70.5. The lowest BCUT2D eigenvalue weighted by atomic mass is 10.0. The molecule has 0 aliphatic heterocycles. The maximum Gasteiger partial charge on any atom is 0.472 e. The second kappa shape index (κ2) is 79.3. The summed E-state index contributed by atoms with van der Waals surface area (Å²) in [6.45, 7) is 9.73. The largest absolute Gasteiger partial charge is 0.472 e. The van der Waals surface area contributed by atoms with Crippen molar-refractivity contribution in [2.24, 2.45) is 11.8 Å². The summed E-state index contributed by atoms with van der Waals surface area (Å²) in [5.74, 6) is -0.492. The SMILES string of the molecule is CCCCCCCCCCCCCCCCCCCCCCCC(=O)O[C@H](COC(=O)CCCCCCCCCCCCCCCCCCC(C)C)COP(=O)(O)OC[C@@H](O)COP(=O)(O)OC[C@@H](COC(=O)CCCCCCCCCCCC)OC(=O)CCCCCCCCCCCCCCCCC(C)C. The van der Waals surface area contributed by atoms with Gasteiger partial charge in [-0.25, -0.2) is 9.13 Å². The van der Waals surface area contributed by atoms with Gasteiger partial charge >= 0.3 is 39.5 Å². The average Bonchev–Trinajstić information content (AvgIpc) is 0.929. The second-order valence-corrected chi connectivity index (χ2v) is 35.5. The summed E-state index contributed by atoms with van der Waals surface area (Å²) in [6, 6.07) is 0. The van der Waals surface area contributed by atoms with Crippen LogP contribution in [0.25, 0.3) is 0 Å². The lowest BCUT2D eigenvalue weighted by Gasteiger charge is -2.21. The molecule has 0 saturated heterocycles. The van der Waals surface area contributed by atoms with E-state index in [9.17, 15) is 43.2 Å². The van der Waals surface area contributed by atoms with Crippen molar-refractivity contribution in [3.8, 4) is 0 Å². The quantitative estimate of drug-likeness (QED) is 0.0222. The van der Waals surface area contributed by atoms with E-state index < -0.39 is 97.5 Å². The van der Waals surface area contributed by atoms with E-state index in [1.165, 1.54) is 289 Å². The number of phosphoric ester groups is 2. The molecule has 0 radical (unpaired) electrons. The Balaban J connectivity index is 5.22. The number of carbonyl (C=O) groups excluding carboxylic acids is 4. The van der Waals surface area contributed by atoms with Crippen molar-refractivity contribution in [3.05, 3.63) is 0 Å². The fourth-order valence-electron chi connectivity index (χ4n) is 13.8. The number of hydrogen-bond acceptors (Lipinski definition) is 15. The number of ether oxygens (including phenoxy) is 4. The van der Waals surface area contributed by atoms with Crippen LogP contribution in [0, 0.1) is 11.8 Å². The first-order valence-corrected chi connectivity index (χ1v) is 48.5. The van der Waals surface area contributed by atoms with Crippen LogP contribution in [0.1, 0.15) is 472 Å². The summed E-state index contributed by atoms with van der Waals surface area (Å²) in [5, 5.41) is 10.7. The third-order valence-corrected chi connectivity index (χ3v) is 22.6. The van der Waals surface area contributed by atoms with Crippen LogP contribution in [0.5, 0.6) is 0 Å². The first kappa shape index (κ1) is 105. The van der Waals surface area contributed by atoms with Crippen LogP contribution in [0.3, 0.4) is 0 Å². The van der Waals surface area contributed by atoms with E-state index in [2.05, 4.69) is 41.5 Å². The minimum absolute atomic E-state index is 0.108. The Morgan fingerprint density at radius 2 is 0.430 bits per heavy atom. The highest BCUT2D eigenvalue weighted by Gasteiger charge is 2.30. The van der Waals surface area contributed by atoms with Crippen molar-refractivity contribution in [2.75, 3.05) is 39.6 Å². The van der Waals surface area contributed by atoms with Crippen LogP contribution in [-0.2, 0) is 65.4 Å². The number of phosphoric acid groups is 2. The normalized spacial score (nSPS) is 13.8. The first-order chi connectivity index (χ1) is 51.9. The van der Waals surface area contributed by atoms with Crippen molar-refractivity contribution in [1.29, 1.82) is 0 Å². The van der Waals surface area contributed by atoms with Gasteiger partial charge in [0.1, 0.15) is 19.3 Å². The maximum absolute atomic E-state index is 13.2. The Hall–Kier alpha value is -1.94. The molecule has 0 amide bonds. The van der Waals surface area contributed by atoms with Crippen molar-refractivity contribution < 1.29 is 80.2 Å². The van der Waals surface area contributed by atoms with Gasteiger partial charge in [0, 0.05) is 25.7 Å². The van der Waals surface area contributed by atoms with Gasteiger partial charge in [-0.05, 0) is 37.5 Å². The Kier molecular flexibility index (Phi) is 77.9. The van der Waals surface area contributed by atoms with Gasteiger partial charge in [-0.1, -0.05) is 420 Å². The zero-order chi connectivity index (χ0) is 78.5. The Morgan fingerprint density at radius 3 is 0.636 bits per heavy atom. The van der Waals surface area contributed by atoms with Gasteiger partial charge in [-0.2, -0.15) is 0 Å². The number of unbranched alkanes of at least 4 members (excludes halogenated alkanes) is 57. The van der Waals surface area contributed by atoms with Gasteiger partial charge < -0.3 is 33.8 Å². The van der Waals surface area contributed by atoms with E-state index in [0.29, 0.717) is 25.7 Å². The predicted octanol–water partition coefficient (Wildman–Crippen LogP) is 27.0. The lowest BCUT2D eigenvalue weighted by molar-refractivity contribution is -0.161. The minimum atomic E-state index is -4.97. The van der Waals surface area contributed by atoms with Gasteiger partial charge in [0.2, 0.25) is 0 Å². The summed E-state index contributed by atoms with van der Waals surface area (Å²) in [6.07, 6.45) is 72.2. The molecule has 0 aromatic heterocycles. The molecule has 0 aromatic rings. The van der Waals surface area contributed by atoms with Gasteiger partial charge in [-0.3, -0.25) is 37.3 Å². The lowest BCUT2D eigenvalue weighted by Crippen LogP contribution is -2.30. The number of aliphatic hydroxyl groups is 1. The van der Waals surface area contributed by atoms with Crippen LogP contribution < -0.4 is 0 Å². The van der Waals surface area contributed by atoms with Crippen LogP contribution in [0.15, 0.2) is 0 Å². The Labute approximate surface area is 658 Å². The van der Waals surface area contributed by atoms with E-state index in [4.69, 9.17) is 37.0 Å². The average molecular weight is 1560 g/mol. The monoisotopic (exact) mass is 1560 g/mol. The van der Waals surface area contributed by atoms with Gasteiger partial charge in [0.25, 0.3) is 0 Å². The van der Waals surface area contributed by atoms with E-state index in [1.807, 2.05) is 0 Å². The molecule has 107 heavy (non-hydrogen) atoms. The van der Waals surface area contributed by atoms with Crippen molar-refractivity contribution in [1.82, 2.24) is 0 Å². The van der Waals surface area contributed by atoms with E-state index >= 15 is 0 Å². The summed E-state index contributed by atoms with van der Waals surface area (Å²) in [5.41, 5.74) is 0. The van der Waals surface area contributed by atoms with Crippen LogP contribution >= 0.6 is 15.6 Å². The smallest absolute Gasteiger partial charge is 0.462 e. The van der Waals surface area contributed by atoms with Gasteiger partial charge in [-0.15, -0.1) is 0 Å². The number of hydrogen-bond donors (Lipinski definition) is 3. The topological polar surface area (TPSA) is 237 Å². The molecule has 0 saturated carbocycles. The fourth-order valence-corrected chi connectivity index (χ4v) is 15.4. The Bertz CT molecular complexity index is 2050. The van der Waals surface area contributed by atoms with E-state index in [0.717, 1.165) is 102 Å². The fraction of sp³-hybridized carbons (Fsp3) is 0.955. The number of esters is 4. The molecule has 0 rings (SSSR count). The summed E-state index contributed by atoms with van der Waals surface area (Å²) < 4.78 is 68.9. The third kappa shape index (κ3) is 81.9. The molecule has 17 nitrogen and oxygen atoms in total. The standard InChI is InChI=1S/C88H172O17P2/c1-7-9-11-13-15-17-19-20-21-22-23-24-25-26-31-37-42-48-54-60-66-72-87(92)105-84(77-99-86(91)71-65-59-53-47-41-36-30-28-27-29-34-39-44-50-56-62-68-80(3)4)79-103-107(96,97)101-75-82(89)74-100-106(94,95)102-78-83(76-98-85(90)70-64-58-52-46-18-16-14-12-10-8-2)104-88(93)73-67-61-55-49-43-38-33-32-35-40-45-51-57-63-69-81(5)6/h80-84,89H,7-79H2,1-6H3,(H,94,95)(H,96,97)/t82-,83+,84+/m0/s1. The molecule has 0 aliphatic rings. The van der Waals surface area contributed by atoms with Crippen molar-refractivity contribution in [2.45, 2.75) is 490 Å². The molecule has 2 unspecified atom stereocenters. The number of aliphatic hydroxyl groups excluding tert-OH is 1. The molecule has 0 bridgehead atoms.